The number of piperidine rings is 2. The minimum absolute atomic E-state index is 0.592. The number of nitrogens with one attached hydrogen (secondary N) is 1. The quantitative estimate of drug-likeness (QED) is 0.876. The third-order valence-corrected chi connectivity index (χ3v) is 4.96. The summed E-state index contributed by atoms with van der Waals surface area (Å²) < 4.78 is 0. The zero-order valence-electron chi connectivity index (χ0n) is 10.5. The van der Waals surface area contributed by atoms with Crippen molar-refractivity contribution in [2.24, 2.45) is 0 Å². The number of aryl methyl sites for hydroxylation is 1. The number of fused-ring (bicyclic) bond motifs is 2. The van der Waals surface area contributed by atoms with E-state index in [9.17, 15) is 0 Å². The molecule has 2 saturated heterocycles. The van der Waals surface area contributed by atoms with Gasteiger partial charge in [-0.25, -0.2) is 0 Å². The lowest BCUT2D eigenvalue weighted by atomic mass is 9.82. The van der Waals surface area contributed by atoms with Gasteiger partial charge in [-0.3, -0.25) is 0 Å². The van der Waals surface area contributed by atoms with Crippen LogP contribution in [0.5, 0.6) is 0 Å². The fourth-order valence-electron chi connectivity index (χ4n) is 3.26. The molecule has 17 heavy (non-hydrogen) atoms. The van der Waals surface area contributed by atoms with Crippen LogP contribution in [0.25, 0.3) is 0 Å². The first kappa shape index (κ1) is 11.4. The fraction of sp³-hybridized carbons (Fsp3) is 0.833. The molecule has 0 aromatic carbocycles. The van der Waals surface area contributed by atoms with Gasteiger partial charge in [0.15, 0.2) is 0 Å². The van der Waals surface area contributed by atoms with Crippen LogP contribution in [0.3, 0.4) is 0 Å². The minimum atomic E-state index is 0.592. The molecule has 2 atom stereocenters. The van der Waals surface area contributed by atoms with Crippen molar-refractivity contribution in [3.05, 3.63) is 5.01 Å². The molecule has 0 saturated carbocycles. The first-order valence-electron chi connectivity index (χ1n) is 6.51. The molecule has 2 fully saturated rings. The molecular weight excluding hydrogens is 232 g/mol. The third-order valence-electron chi connectivity index (χ3n) is 4.19. The van der Waals surface area contributed by atoms with E-state index in [1.807, 2.05) is 6.92 Å². The number of anilines is 1. The van der Waals surface area contributed by atoms with E-state index in [2.05, 4.69) is 27.5 Å². The molecule has 3 heterocycles. The van der Waals surface area contributed by atoms with Crippen LogP contribution < -0.4 is 5.32 Å². The summed E-state index contributed by atoms with van der Waals surface area (Å²) in [7, 11) is 2.29. The maximum atomic E-state index is 4.17. The molecule has 1 N–H and O–H groups in total. The summed E-state index contributed by atoms with van der Waals surface area (Å²) in [4.78, 5) is 2.59. The molecule has 94 valence electrons. The predicted octanol–water partition coefficient (Wildman–Crippen LogP) is 2.27. The number of rotatable bonds is 2. The summed E-state index contributed by atoms with van der Waals surface area (Å²) in [5.74, 6) is 0. The zero-order chi connectivity index (χ0) is 11.8. The van der Waals surface area contributed by atoms with E-state index in [1.165, 1.54) is 32.1 Å². The van der Waals surface area contributed by atoms with E-state index in [0.717, 1.165) is 22.2 Å². The smallest absolute Gasteiger partial charge is 0.205 e. The van der Waals surface area contributed by atoms with E-state index in [4.69, 9.17) is 0 Å². The van der Waals surface area contributed by atoms with Gasteiger partial charge in [-0.1, -0.05) is 17.8 Å². The Morgan fingerprint density at radius 2 is 1.94 bits per heavy atom. The lowest BCUT2D eigenvalue weighted by Gasteiger charge is -2.47. The van der Waals surface area contributed by atoms with Crippen LogP contribution in [0.4, 0.5) is 5.13 Å². The highest BCUT2D eigenvalue weighted by molar-refractivity contribution is 7.15. The molecule has 3 rings (SSSR count). The summed E-state index contributed by atoms with van der Waals surface area (Å²) in [6.45, 7) is 2.01. The van der Waals surface area contributed by atoms with Crippen LogP contribution in [0.15, 0.2) is 0 Å². The van der Waals surface area contributed by atoms with Crippen molar-refractivity contribution in [2.75, 3.05) is 12.4 Å². The Labute approximate surface area is 106 Å². The SMILES string of the molecule is Cc1nnc(NC2CC3CCCC(C2)N3C)s1. The van der Waals surface area contributed by atoms with Crippen molar-refractivity contribution in [3.8, 4) is 0 Å². The van der Waals surface area contributed by atoms with Crippen LogP contribution in [-0.4, -0.2) is 40.3 Å². The van der Waals surface area contributed by atoms with Crippen LogP contribution in [0, 0.1) is 6.92 Å². The first-order valence-corrected chi connectivity index (χ1v) is 7.32. The number of hydrogen-bond acceptors (Lipinski definition) is 5. The molecule has 2 aliphatic heterocycles. The molecule has 2 bridgehead atoms. The first-order chi connectivity index (χ1) is 8.22. The van der Waals surface area contributed by atoms with Crippen molar-refractivity contribution >= 4 is 16.5 Å². The molecular formula is C12H20N4S. The summed E-state index contributed by atoms with van der Waals surface area (Å²) in [6.07, 6.45) is 6.64. The van der Waals surface area contributed by atoms with E-state index in [-0.39, 0.29) is 0 Å². The second-order valence-electron chi connectivity index (χ2n) is 5.34. The van der Waals surface area contributed by atoms with Crippen molar-refractivity contribution in [3.63, 3.8) is 0 Å². The van der Waals surface area contributed by atoms with E-state index in [1.54, 1.807) is 11.3 Å². The molecule has 2 aliphatic rings. The maximum Gasteiger partial charge on any atom is 0.205 e. The summed E-state index contributed by atoms with van der Waals surface area (Å²) in [5, 5.41) is 13.8. The highest BCUT2D eigenvalue weighted by atomic mass is 32.1. The van der Waals surface area contributed by atoms with Gasteiger partial charge in [0, 0.05) is 18.1 Å². The zero-order valence-corrected chi connectivity index (χ0v) is 11.3. The number of nitrogens with zero attached hydrogens (tertiary/aromatic N) is 3. The average Bonchev–Trinajstić information content (AvgIpc) is 2.66. The van der Waals surface area contributed by atoms with Crippen molar-refractivity contribution in [1.29, 1.82) is 0 Å². The Balaban J connectivity index is 1.66. The van der Waals surface area contributed by atoms with Crippen LogP contribution in [0.1, 0.15) is 37.1 Å². The van der Waals surface area contributed by atoms with E-state index < -0.39 is 0 Å². The van der Waals surface area contributed by atoms with Crippen LogP contribution in [0.2, 0.25) is 0 Å². The normalized spacial score (nSPS) is 33.6. The van der Waals surface area contributed by atoms with Gasteiger partial charge in [0.1, 0.15) is 5.01 Å². The molecule has 5 heteroatoms. The van der Waals surface area contributed by atoms with Crippen molar-refractivity contribution < 1.29 is 0 Å². The molecule has 0 aliphatic carbocycles. The molecule has 1 aromatic rings. The predicted molar refractivity (Wildman–Crippen MR) is 70.5 cm³/mol. The molecule has 0 radical (unpaired) electrons. The van der Waals surface area contributed by atoms with Gasteiger partial charge in [-0.15, -0.1) is 10.2 Å². The van der Waals surface area contributed by atoms with E-state index >= 15 is 0 Å². The Bertz CT molecular complexity index is 378. The summed E-state index contributed by atoms with van der Waals surface area (Å²) in [5.41, 5.74) is 0. The van der Waals surface area contributed by atoms with Gasteiger partial charge in [0.2, 0.25) is 5.13 Å². The highest BCUT2D eigenvalue weighted by Crippen LogP contribution is 2.34. The monoisotopic (exact) mass is 252 g/mol. The average molecular weight is 252 g/mol. The highest BCUT2D eigenvalue weighted by Gasteiger charge is 2.36. The lowest BCUT2D eigenvalue weighted by molar-refractivity contribution is 0.0608. The van der Waals surface area contributed by atoms with Gasteiger partial charge in [-0.2, -0.15) is 0 Å². The van der Waals surface area contributed by atoms with E-state index in [0.29, 0.717) is 6.04 Å². The third kappa shape index (κ3) is 2.31. The topological polar surface area (TPSA) is 41.1 Å². The maximum absolute atomic E-state index is 4.17. The largest absolute Gasteiger partial charge is 0.357 e. The molecule has 2 unspecified atom stereocenters. The molecule has 1 aromatic heterocycles. The number of aromatic nitrogens is 2. The number of hydrogen-bond donors (Lipinski definition) is 1. The van der Waals surface area contributed by atoms with Gasteiger partial charge in [-0.05, 0) is 39.7 Å². The Kier molecular flexibility index (Phi) is 3.04. The Hall–Kier alpha value is -0.680. The lowest BCUT2D eigenvalue weighted by Crippen LogP contribution is -2.52. The minimum Gasteiger partial charge on any atom is -0.357 e. The standard InChI is InChI=1S/C12H20N4S/c1-8-14-15-12(17-8)13-9-6-10-4-3-5-11(7-9)16(10)2/h9-11H,3-7H2,1-2H3,(H,13,15). The molecule has 0 spiro atoms. The van der Waals surface area contributed by atoms with Crippen LogP contribution >= 0.6 is 11.3 Å². The molecule has 4 nitrogen and oxygen atoms in total. The van der Waals surface area contributed by atoms with Gasteiger partial charge >= 0.3 is 0 Å². The second-order valence-corrected chi connectivity index (χ2v) is 6.52. The molecule has 0 amide bonds. The van der Waals surface area contributed by atoms with Crippen molar-refractivity contribution in [2.45, 2.75) is 57.2 Å². The van der Waals surface area contributed by atoms with Crippen LogP contribution in [-0.2, 0) is 0 Å². The Morgan fingerprint density at radius 1 is 1.24 bits per heavy atom. The summed E-state index contributed by atoms with van der Waals surface area (Å²) in [6, 6.07) is 2.14. The fourth-order valence-corrected chi connectivity index (χ4v) is 3.93. The summed E-state index contributed by atoms with van der Waals surface area (Å²) >= 11 is 1.66. The Morgan fingerprint density at radius 3 is 2.53 bits per heavy atom. The van der Waals surface area contributed by atoms with Crippen molar-refractivity contribution in [1.82, 2.24) is 15.1 Å². The van der Waals surface area contributed by atoms with Gasteiger partial charge in [0.05, 0.1) is 0 Å². The van der Waals surface area contributed by atoms with Gasteiger partial charge < -0.3 is 10.2 Å². The van der Waals surface area contributed by atoms with Gasteiger partial charge in [0.25, 0.3) is 0 Å². The second kappa shape index (κ2) is 4.53.